The van der Waals surface area contributed by atoms with Crippen LogP contribution < -0.4 is 10.7 Å². The van der Waals surface area contributed by atoms with E-state index in [1.54, 1.807) is 18.0 Å². The molecule has 1 aromatic heterocycles. The van der Waals surface area contributed by atoms with Gasteiger partial charge >= 0.3 is 0 Å². The predicted molar refractivity (Wildman–Crippen MR) is 124 cm³/mol. The zero-order chi connectivity index (χ0) is 21.4. The van der Waals surface area contributed by atoms with E-state index in [4.69, 9.17) is 4.42 Å². The van der Waals surface area contributed by atoms with Crippen molar-refractivity contribution in [2.45, 2.75) is 30.7 Å². The number of carbonyl (C=O) groups is 1. The van der Waals surface area contributed by atoms with E-state index in [1.807, 2.05) is 54.8 Å². The number of hydrogen-bond donors (Lipinski definition) is 1. The van der Waals surface area contributed by atoms with E-state index in [9.17, 15) is 9.59 Å². The summed E-state index contributed by atoms with van der Waals surface area (Å²) in [5, 5.41) is 3.72. The van der Waals surface area contributed by atoms with Crippen molar-refractivity contribution < 1.29 is 9.21 Å². The SMILES string of the molecule is CSc1ccc(NC(=O)C2CC23CCN(Cc2coc4ccccc4c2=O)CC3)cc1. The summed E-state index contributed by atoms with van der Waals surface area (Å²) in [6, 6.07) is 15.4. The minimum Gasteiger partial charge on any atom is -0.464 e. The quantitative estimate of drug-likeness (QED) is 0.587. The van der Waals surface area contributed by atoms with Gasteiger partial charge in [-0.25, -0.2) is 0 Å². The van der Waals surface area contributed by atoms with Crippen LogP contribution in [0.3, 0.4) is 0 Å². The monoisotopic (exact) mass is 434 g/mol. The molecule has 1 aliphatic carbocycles. The Balaban J connectivity index is 1.18. The molecule has 1 saturated carbocycles. The van der Waals surface area contributed by atoms with Gasteiger partial charge in [-0.05, 0) is 80.4 Å². The zero-order valence-electron chi connectivity index (χ0n) is 17.6. The maximum Gasteiger partial charge on any atom is 0.228 e. The summed E-state index contributed by atoms with van der Waals surface area (Å²) >= 11 is 1.69. The molecule has 2 fully saturated rings. The first-order valence-corrected chi connectivity index (χ1v) is 12.0. The minimum atomic E-state index is 0.0540. The summed E-state index contributed by atoms with van der Waals surface area (Å²) in [4.78, 5) is 29.0. The van der Waals surface area contributed by atoms with Crippen LogP contribution in [0, 0.1) is 11.3 Å². The molecule has 5 rings (SSSR count). The van der Waals surface area contributed by atoms with Gasteiger partial charge in [0.05, 0.1) is 11.6 Å². The molecule has 1 saturated heterocycles. The van der Waals surface area contributed by atoms with Crippen LogP contribution >= 0.6 is 11.8 Å². The average molecular weight is 435 g/mol. The first kappa shape index (κ1) is 20.3. The number of nitrogens with one attached hydrogen (secondary N) is 1. The molecule has 1 atom stereocenters. The van der Waals surface area contributed by atoms with Crippen LogP contribution in [0.1, 0.15) is 24.8 Å². The molecule has 1 spiro atoms. The molecule has 3 aromatic rings. The van der Waals surface area contributed by atoms with E-state index in [1.165, 1.54) is 4.90 Å². The number of fused-ring (bicyclic) bond motifs is 1. The molecule has 0 radical (unpaired) electrons. The molecular weight excluding hydrogens is 408 g/mol. The first-order valence-electron chi connectivity index (χ1n) is 10.7. The van der Waals surface area contributed by atoms with Crippen LogP contribution in [0.4, 0.5) is 5.69 Å². The predicted octanol–water partition coefficient (Wildman–Crippen LogP) is 4.76. The van der Waals surface area contributed by atoms with E-state index < -0.39 is 0 Å². The van der Waals surface area contributed by atoms with Crippen LogP contribution in [0.2, 0.25) is 0 Å². The second kappa shape index (κ2) is 8.17. The van der Waals surface area contributed by atoms with E-state index in [0.29, 0.717) is 23.1 Å². The van der Waals surface area contributed by atoms with Crippen molar-refractivity contribution in [2.24, 2.45) is 11.3 Å². The number of thioether (sulfide) groups is 1. The third-order valence-electron chi connectivity index (χ3n) is 6.86. The highest BCUT2D eigenvalue weighted by molar-refractivity contribution is 7.98. The molecule has 31 heavy (non-hydrogen) atoms. The average Bonchev–Trinajstić information content (AvgIpc) is 3.51. The van der Waals surface area contributed by atoms with Crippen LogP contribution in [0.25, 0.3) is 11.0 Å². The molecule has 2 heterocycles. The molecular formula is C25H26N2O3S. The lowest BCUT2D eigenvalue weighted by atomic mass is 9.90. The molecule has 1 amide bonds. The Bertz CT molecular complexity index is 1160. The Morgan fingerprint density at radius 1 is 1.16 bits per heavy atom. The second-order valence-corrected chi connectivity index (χ2v) is 9.58. The Labute approximate surface area is 185 Å². The molecule has 6 heteroatoms. The first-order chi connectivity index (χ1) is 15.1. The Hall–Kier alpha value is -2.57. The Kier molecular flexibility index (Phi) is 5.36. The zero-order valence-corrected chi connectivity index (χ0v) is 18.4. The summed E-state index contributed by atoms with van der Waals surface area (Å²) < 4.78 is 5.66. The van der Waals surface area contributed by atoms with Gasteiger partial charge in [-0.2, -0.15) is 0 Å². The lowest BCUT2D eigenvalue weighted by Gasteiger charge is -2.32. The van der Waals surface area contributed by atoms with Gasteiger partial charge in [0.2, 0.25) is 5.91 Å². The number of piperidine rings is 1. The lowest BCUT2D eigenvalue weighted by Crippen LogP contribution is -2.36. The highest BCUT2D eigenvalue weighted by Crippen LogP contribution is 2.59. The Morgan fingerprint density at radius 3 is 2.65 bits per heavy atom. The van der Waals surface area contributed by atoms with E-state index in [-0.39, 0.29) is 22.7 Å². The van der Waals surface area contributed by atoms with Crippen LogP contribution in [-0.2, 0) is 11.3 Å². The molecule has 1 N–H and O–H groups in total. The number of benzene rings is 2. The van der Waals surface area contributed by atoms with Crippen LogP contribution in [0.5, 0.6) is 0 Å². The molecule has 1 aliphatic heterocycles. The third-order valence-corrected chi connectivity index (χ3v) is 7.60. The largest absolute Gasteiger partial charge is 0.464 e. The summed E-state index contributed by atoms with van der Waals surface area (Å²) in [6.07, 6.45) is 6.60. The van der Waals surface area contributed by atoms with Crippen molar-refractivity contribution in [3.05, 3.63) is 70.6 Å². The molecule has 2 aromatic carbocycles. The molecule has 2 aliphatic rings. The second-order valence-electron chi connectivity index (χ2n) is 8.70. The highest BCUT2D eigenvalue weighted by atomic mass is 32.2. The van der Waals surface area contributed by atoms with Crippen LogP contribution in [-0.4, -0.2) is 30.2 Å². The summed E-state index contributed by atoms with van der Waals surface area (Å²) in [5.41, 5.74) is 2.38. The van der Waals surface area contributed by atoms with Crippen LogP contribution in [0.15, 0.2) is 68.9 Å². The minimum absolute atomic E-state index is 0.0540. The number of carbonyl (C=O) groups excluding carboxylic acids is 1. The van der Waals surface area contributed by atoms with E-state index in [2.05, 4.69) is 10.2 Å². The van der Waals surface area contributed by atoms with Gasteiger partial charge in [-0.15, -0.1) is 11.8 Å². The molecule has 160 valence electrons. The fourth-order valence-electron chi connectivity index (χ4n) is 4.80. The van der Waals surface area contributed by atoms with E-state index >= 15 is 0 Å². The number of para-hydroxylation sites is 1. The smallest absolute Gasteiger partial charge is 0.228 e. The van der Waals surface area contributed by atoms with Crippen molar-refractivity contribution in [3.63, 3.8) is 0 Å². The summed E-state index contributed by atoms with van der Waals surface area (Å²) in [5.74, 6) is 0.237. The maximum absolute atomic E-state index is 12.8. The molecule has 1 unspecified atom stereocenters. The number of hydrogen-bond acceptors (Lipinski definition) is 5. The van der Waals surface area contributed by atoms with E-state index in [0.717, 1.165) is 38.0 Å². The summed E-state index contributed by atoms with van der Waals surface area (Å²) in [6.45, 7) is 2.40. The fourth-order valence-corrected chi connectivity index (χ4v) is 5.21. The topological polar surface area (TPSA) is 62.6 Å². The van der Waals surface area contributed by atoms with Gasteiger partial charge < -0.3 is 9.73 Å². The number of rotatable bonds is 5. The van der Waals surface area contributed by atoms with Crippen molar-refractivity contribution >= 4 is 34.3 Å². The number of likely N-dealkylation sites (tertiary alicyclic amines) is 1. The highest BCUT2D eigenvalue weighted by Gasteiger charge is 2.58. The van der Waals surface area contributed by atoms with Gasteiger partial charge in [0, 0.05) is 28.6 Å². The van der Waals surface area contributed by atoms with Gasteiger partial charge in [0.1, 0.15) is 5.58 Å². The molecule has 5 nitrogen and oxygen atoms in total. The number of anilines is 1. The van der Waals surface area contributed by atoms with Gasteiger partial charge in [-0.3, -0.25) is 14.5 Å². The normalized spacial score (nSPS) is 20.1. The van der Waals surface area contributed by atoms with Crippen molar-refractivity contribution in [3.8, 4) is 0 Å². The maximum atomic E-state index is 12.8. The summed E-state index contributed by atoms with van der Waals surface area (Å²) in [7, 11) is 0. The third kappa shape index (κ3) is 4.02. The van der Waals surface area contributed by atoms with Crippen molar-refractivity contribution in [2.75, 3.05) is 24.7 Å². The lowest BCUT2D eigenvalue weighted by molar-refractivity contribution is -0.118. The van der Waals surface area contributed by atoms with Crippen molar-refractivity contribution in [1.29, 1.82) is 0 Å². The fraction of sp³-hybridized carbons (Fsp3) is 0.360. The number of amides is 1. The standard InChI is InChI=1S/C25H26N2O3S/c1-31-19-8-6-18(7-9-19)26-24(29)21-14-25(21)10-12-27(13-11-25)15-17-16-30-22-5-3-2-4-20(22)23(17)28/h2-9,16,21H,10-15H2,1H3,(H,26,29). The molecule has 0 bridgehead atoms. The Morgan fingerprint density at radius 2 is 1.90 bits per heavy atom. The van der Waals surface area contributed by atoms with Crippen molar-refractivity contribution in [1.82, 2.24) is 4.90 Å². The van der Waals surface area contributed by atoms with Gasteiger partial charge in [0.15, 0.2) is 5.43 Å². The van der Waals surface area contributed by atoms with Gasteiger partial charge in [0.25, 0.3) is 0 Å². The van der Waals surface area contributed by atoms with Gasteiger partial charge in [-0.1, -0.05) is 12.1 Å². The number of nitrogens with zero attached hydrogens (tertiary/aromatic N) is 1.